The summed E-state index contributed by atoms with van der Waals surface area (Å²) in [6, 6.07) is 8.86. The number of hydrogen-bond acceptors (Lipinski definition) is 4. The van der Waals surface area contributed by atoms with Crippen molar-refractivity contribution in [1.29, 1.82) is 0 Å². The first-order chi connectivity index (χ1) is 10.1. The molecule has 0 spiro atoms. The van der Waals surface area contributed by atoms with Gasteiger partial charge in [0.25, 0.3) is 0 Å². The lowest BCUT2D eigenvalue weighted by Crippen LogP contribution is -2.16. The average molecular weight is 286 g/mol. The van der Waals surface area contributed by atoms with Crippen LogP contribution >= 0.6 is 0 Å². The minimum absolute atomic E-state index is 0.104. The molecular weight excluding hydrogens is 268 g/mol. The molecular formula is C17H18O4. The van der Waals surface area contributed by atoms with Gasteiger partial charge in [0, 0.05) is 5.56 Å². The molecule has 0 radical (unpaired) electrons. The molecule has 1 heterocycles. The van der Waals surface area contributed by atoms with Gasteiger partial charge in [-0.25, -0.2) is 0 Å². The highest BCUT2D eigenvalue weighted by molar-refractivity contribution is 5.50. The smallest absolute Gasteiger partial charge is 0.160 e. The largest absolute Gasteiger partial charge is 0.508 e. The van der Waals surface area contributed by atoms with Crippen LogP contribution < -0.4 is 9.47 Å². The van der Waals surface area contributed by atoms with E-state index in [9.17, 15) is 10.2 Å². The van der Waals surface area contributed by atoms with Gasteiger partial charge in [-0.1, -0.05) is 12.1 Å². The quantitative estimate of drug-likeness (QED) is 0.887. The number of phenolic OH excluding ortho intramolecular Hbond substituents is 2. The summed E-state index contributed by atoms with van der Waals surface area (Å²) < 4.78 is 11.2. The predicted octanol–water partition coefficient (Wildman–Crippen LogP) is 3.48. The first kappa shape index (κ1) is 13.6. The third-order valence-corrected chi connectivity index (χ3v) is 3.97. The van der Waals surface area contributed by atoms with Gasteiger partial charge < -0.3 is 19.7 Å². The molecule has 1 unspecified atom stereocenters. The van der Waals surface area contributed by atoms with Crippen LogP contribution in [0.1, 0.15) is 29.2 Å². The van der Waals surface area contributed by atoms with Crippen molar-refractivity contribution in [2.75, 3.05) is 7.11 Å². The lowest BCUT2D eigenvalue weighted by molar-refractivity contribution is 0.174. The molecule has 2 aromatic carbocycles. The van der Waals surface area contributed by atoms with Gasteiger partial charge in [0.05, 0.1) is 7.11 Å². The van der Waals surface area contributed by atoms with Crippen molar-refractivity contribution >= 4 is 0 Å². The topological polar surface area (TPSA) is 58.9 Å². The summed E-state index contributed by atoms with van der Waals surface area (Å²) in [6.45, 7) is 1.86. The van der Waals surface area contributed by atoms with Crippen molar-refractivity contribution in [1.82, 2.24) is 0 Å². The molecule has 0 bridgehead atoms. The molecule has 3 rings (SSSR count). The number of rotatable bonds is 2. The van der Waals surface area contributed by atoms with Gasteiger partial charge in [-0.15, -0.1) is 0 Å². The van der Waals surface area contributed by atoms with E-state index < -0.39 is 0 Å². The number of methoxy groups -OCH3 is 1. The van der Waals surface area contributed by atoms with E-state index in [1.54, 1.807) is 18.2 Å². The van der Waals surface area contributed by atoms with Crippen LogP contribution in [0.2, 0.25) is 0 Å². The number of benzene rings is 2. The number of aryl methyl sites for hydroxylation is 1. The number of aromatic hydroxyl groups is 2. The maximum atomic E-state index is 9.82. The van der Waals surface area contributed by atoms with Gasteiger partial charge in [0.1, 0.15) is 17.6 Å². The molecule has 1 aliphatic rings. The van der Waals surface area contributed by atoms with Crippen molar-refractivity contribution in [2.45, 2.75) is 25.9 Å². The van der Waals surface area contributed by atoms with Gasteiger partial charge >= 0.3 is 0 Å². The van der Waals surface area contributed by atoms with E-state index in [-0.39, 0.29) is 17.6 Å². The normalized spacial score (nSPS) is 17.0. The first-order valence-electron chi connectivity index (χ1n) is 6.95. The van der Waals surface area contributed by atoms with Crippen molar-refractivity contribution in [2.24, 2.45) is 0 Å². The van der Waals surface area contributed by atoms with Crippen molar-refractivity contribution < 1.29 is 19.7 Å². The Morgan fingerprint density at radius 3 is 2.67 bits per heavy atom. The van der Waals surface area contributed by atoms with Crippen LogP contribution in [-0.2, 0) is 6.42 Å². The zero-order valence-corrected chi connectivity index (χ0v) is 12.1. The summed E-state index contributed by atoms with van der Waals surface area (Å²) in [7, 11) is 1.53. The van der Waals surface area contributed by atoms with Crippen LogP contribution in [-0.4, -0.2) is 17.3 Å². The predicted molar refractivity (Wildman–Crippen MR) is 79.2 cm³/mol. The van der Waals surface area contributed by atoms with Gasteiger partial charge in [0.2, 0.25) is 0 Å². The fourth-order valence-corrected chi connectivity index (χ4v) is 2.72. The van der Waals surface area contributed by atoms with E-state index in [4.69, 9.17) is 9.47 Å². The van der Waals surface area contributed by atoms with Crippen LogP contribution in [0.3, 0.4) is 0 Å². The molecule has 110 valence electrons. The fourth-order valence-electron chi connectivity index (χ4n) is 2.72. The molecule has 1 aliphatic heterocycles. The van der Waals surface area contributed by atoms with Crippen molar-refractivity contribution in [3.63, 3.8) is 0 Å². The number of phenols is 2. The minimum Gasteiger partial charge on any atom is -0.508 e. The fraction of sp³-hybridized carbons (Fsp3) is 0.294. The highest BCUT2D eigenvalue weighted by Gasteiger charge is 2.24. The van der Waals surface area contributed by atoms with Gasteiger partial charge in [-0.3, -0.25) is 0 Å². The van der Waals surface area contributed by atoms with Crippen LogP contribution in [0.5, 0.6) is 23.0 Å². The second-order valence-electron chi connectivity index (χ2n) is 5.27. The summed E-state index contributed by atoms with van der Waals surface area (Å²) in [6.07, 6.45) is 1.64. The Hall–Kier alpha value is -2.36. The van der Waals surface area contributed by atoms with Crippen LogP contribution in [0.4, 0.5) is 0 Å². The Morgan fingerprint density at radius 1 is 1.14 bits per heavy atom. The average Bonchev–Trinajstić information content (AvgIpc) is 2.51. The molecule has 0 fully saturated rings. The second-order valence-corrected chi connectivity index (χ2v) is 5.27. The molecule has 0 aromatic heterocycles. The van der Waals surface area contributed by atoms with E-state index in [2.05, 4.69) is 0 Å². The van der Waals surface area contributed by atoms with E-state index in [1.165, 1.54) is 7.11 Å². The van der Waals surface area contributed by atoms with E-state index in [1.807, 2.05) is 19.1 Å². The highest BCUT2D eigenvalue weighted by atomic mass is 16.5. The van der Waals surface area contributed by atoms with Crippen molar-refractivity contribution in [3.05, 3.63) is 47.0 Å². The second kappa shape index (κ2) is 5.20. The minimum atomic E-state index is -0.104. The van der Waals surface area contributed by atoms with E-state index in [0.29, 0.717) is 5.75 Å². The van der Waals surface area contributed by atoms with E-state index in [0.717, 1.165) is 35.3 Å². The summed E-state index contributed by atoms with van der Waals surface area (Å²) in [5.74, 6) is 1.57. The first-order valence-corrected chi connectivity index (χ1v) is 6.95. The Labute approximate surface area is 123 Å². The maximum Gasteiger partial charge on any atom is 0.160 e. The molecule has 2 N–H and O–H groups in total. The number of hydrogen-bond donors (Lipinski definition) is 2. The third-order valence-electron chi connectivity index (χ3n) is 3.97. The Balaban J connectivity index is 1.94. The van der Waals surface area contributed by atoms with Crippen LogP contribution in [0.15, 0.2) is 30.3 Å². The van der Waals surface area contributed by atoms with Gasteiger partial charge in [-0.2, -0.15) is 0 Å². The molecule has 0 amide bonds. The standard InChI is InChI=1S/C17H18O4/c1-10-13(18)6-3-11-5-8-15(21-17(10)11)12-4-7-14(19)16(9-12)20-2/h3-4,6-7,9,15,18-19H,5,8H2,1-2H3. The molecule has 0 saturated carbocycles. The lowest BCUT2D eigenvalue weighted by Gasteiger charge is -2.28. The molecule has 21 heavy (non-hydrogen) atoms. The van der Waals surface area contributed by atoms with Crippen LogP contribution in [0, 0.1) is 6.92 Å². The van der Waals surface area contributed by atoms with Gasteiger partial charge in [-0.05, 0) is 49.1 Å². The summed E-state index contributed by atoms with van der Waals surface area (Å²) in [5.41, 5.74) is 2.84. The monoisotopic (exact) mass is 286 g/mol. The number of fused-ring (bicyclic) bond motifs is 1. The Bertz CT molecular complexity index is 679. The summed E-state index contributed by atoms with van der Waals surface area (Å²) in [5, 5.41) is 19.5. The molecule has 1 atom stereocenters. The molecule has 4 heteroatoms. The lowest BCUT2D eigenvalue weighted by atomic mass is 9.95. The summed E-state index contributed by atoms with van der Waals surface area (Å²) in [4.78, 5) is 0. The highest BCUT2D eigenvalue weighted by Crippen LogP contribution is 2.41. The zero-order chi connectivity index (χ0) is 15.0. The molecule has 2 aromatic rings. The van der Waals surface area contributed by atoms with Crippen LogP contribution in [0.25, 0.3) is 0 Å². The Kier molecular flexibility index (Phi) is 3.37. The molecule has 0 saturated heterocycles. The number of ether oxygens (including phenoxy) is 2. The third kappa shape index (κ3) is 2.37. The van der Waals surface area contributed by atoms with Crippen molar-refractivity contribution in [3.8, 4) is 23.0 Å². The van der Waals surface area contributed by atoms with Gasteiger partial charge in [0.15, 0.2) is 11.5 Å². The zero-order valence-electron chi connectivity index (χ0n) is 12.1. The summed E-state index contributed by atoms with van der Waals surface area (Å²) >= 11 is 0. The van der Waals surface area contributed by atoms with E-state index >= 15 is 0 Å². The maximum absolute atomic E-state index is 9.82. The SMILES string of the molecule is COc1cc(C2CCc3ccc(O)c(C)c3O2)ccc1O. The molecule has 0 aliphatic carbocycles. The molecule has 4 nitrogen and oxygen atoms in total. The Morgan fingerprint density at radius 2 is 1.90 bits per heavy atom.